The van der Waals surface area contributed by atoms with Gasteiger partial charge in [-0.05, 0) is 37.6 Å². The largest absolute Gasteiger partial charge is 0.326 e. The lowest BCUT2D eigenvalue weighted by Crippen LogP contribution is -2.22. The van der Waals surface area contributed by atoms with Gasteiger partial charge >= 0.3 is 0 Å². The van der Waals surface area contributed by atoms with Crippen molar-refractivity contribution in [1.82, 2.24) is 14.3 Å². The lowest BCUT2D eigenvalue weighted by atomic mass is 10.2. The summed E-state index contributed by atoms with van der Waals surface area (Å²) in [7, 11) is 0. The Labute approximate surface area is 107 Å². The van der Waals surface area contributed by atoms with Crippen molar-refractivity contribution in [2.24, 2.45) is 5.73 Å². The zero-order valence-electron chi connectivity index (χ0n) is 10.7. The Hall–Kier alpha value is -1.39. The molecule has 0 atom stereocenters. The van der Waals surface area contributed by atoms with Gasteiger partial charge in [-0.1, -0.05) is 6.07 Å². The summed E-state index contributed by atoms with van der Waals surface area (Å²) >= 11 is 0. The van der Waals surface area contributed by atoms with Crippen molar-refractivity contribution in [1.29, 1.82) is 0 Å². The van der Waals surface area contributed by atoms with Crippen LogP contribution >= 0.6 is 0 Å². The van der Waals surface area contributed by atoms with E-state index in [0.29, 0.717) is 6.54 Å². The zero-order chi connectivity index (χ0) is 12.4. The summed E-state index contributed by atoms with van der Waals surface area (Å²) < 4.78 is 2.18. The average molecular weight is 244 g/mol. The summed E-state index contributed by atoms with van der Waals surface area (Å²) in [5.74, 6) is 1.15. The van der Waals surface area contributed by atoms with Gasteiger partial charge in [0.1, 0.15) is 5.82 Å². The van der Waals surface area contributed by atoms with Crippen molar-refractivity contribution in [2.75, 3.05) is 19.6 Å². The molecule has 0 bridgehead atoms. The van der Waals surface area contributed by atoms with Gasteiger partial charge in [-0.3, -0.25) is 0 Å². The molecular formula is C14H20N4. The summed E-state index contributed by atoms with van der Waals surface area (Å²) in [5, 5.41) is 0. The lowest BCUT2D eigenvalue weighted by molar-refractivity contribution is 0.340. The second-order valence-corrected chi connectivity index (χ2v) is 5.01. The highest BCUT2D eigenvalue weighted by Gasteiger charge is 2.12. The smallest absolute Gasteiger partial charge is 0.114 e. The molecule has 0 unspecified atom stereocenters. The summed E-state index contributed by atoms with van der Waals surface area (Å²) in [6, 6.07) is 4.16. The molecule has 3 heterocycles. The van der Waals surface area contributed by atoms with Gasteiger partial charge in [0.05, 0.1) is 11.7 Å². The Kier molecular flexibility index (Phi) is 3.30. The predicted molar refractivity (Wildman–Crippen MR) is 72.5 cm³/mol. The molecule has 96 valence electrons. The fraction of sp³-hybridized carbons (Fsp3) is 0.500. The first kappa shape index (κ1) is 11.7. The summed E-state index contributed by atoms with van der Waals surface area (Å²) in [4.78, 5) is 7.05. The molecule has 0 saturated carbocycles. The average Bonchev–Trinajstić information content (AvgIpc) is 3.05. The molecule has 1 aliphatic heterocycles. The zero-order valence-corrected chi connectivity index (χ0v) is 10.7. The second-order valence-electron chi connectivity index (χ2n) is 5.01. The molecule has 0 spiro atoms. The van der Waals surface area contributed by atoms with E-state index in [0.717, 1.165) is 29.9 Å². The fourth-order valence-electron chi connectivity index (χ4n) is 2.66. The van der Waals surface area contributed by atoms with Crippen LogP contribution in [0.5, 0.6) is 0 Å². The van der Waals surface area contributed by atoms with Crippen molar-refractivity contribution in [3.8, 4) is 0 Å². The van der Waals surface area contributed by atoms with Gasteiger partial charge in [0, 0.05) is 25.7 Å². The van der Waals surface area contributed by atoms with E-state index in [1.807, 2.05) is 6.20 Å². The van der Waals surface area contributed by atoms with Crippen LogP contribution in [0, 0.1) is 0 Å². The molecule has 2 aromatic rings. The number of likely N-dealkylation sites (tertiary alicyclic amines) is 1. The molecule has 4 nitrogen and oxygen atoms in total. The Morgan fingerprint density at radius 1 is 1.22 bits per heavy atom. The van der Waals surface area contributed by atoms with E-state index in [2.05, 4.69) is 32.6 Å². The first-order chi connectivity index (χ1) is 8.86. The standard InChI is InChI=1S/C14H20N4/c15-9-12-3-4-13-10-16-14(18(13)11-12)5-8-17-6-1-2-7-17/h3-4,10-11H,1-2,5-9,15H2. The van der Waals surface area contributed by atoms with E-state index in [4.69, 9.17) is 5.73 Å². The van der Waals surface area contributed by atoms with Crippen LogP contribution in [-0.4, -0.2) is 33.9 Å². The summed E-state index contributed by atoms with van der Waals surface area (Å²) in [6.07, 6.45) is 7.77. The highest BCUT2D eigenvalue weighted by molar-refractivity contribution is 5.47. The molecular weight excluding hydrogens is 224 g/mol. The molecule has 0 radical (unpaired) electrons. The van der Waals surface area contributed by atoms with Crippen molar-refractivity contribution in [3.05, 3.63) is 35.9 Å². The minimum absolute atomic E-state index is 0.583. The highest BCUT2D eigenvalue weighted by Crippen LogP contribution is 2.12. The molecule has 4 heteroatoms. The number of imidazole rings is 1. The third kappa shape index (κ3) is 2.26. The number of hydrogen-bond acceptors (Lipinski definition) is 3. The molecule has 0 aromatic carbocycles. The molecule has 2 aromatic heterocycles. The van der Waals surface area contributed by atoms with Crippen LogP contribution in [0.2, 0.25) is 0 Å². The van der Waals surface area contributed by atoms with Crippen molar-refractivity contribution < 1.29 is 0 Å². The van der Waals surface area contributed by atoms with Crippen molar-refractivity contribution >= 4 is 5.52 Å². The minimum Gasteiger partial charge on any atom is -0.326 e. The third-order valence-electron chi connectivity index (χ3n) is 3.75. The quantitative estimate of drug-likeness (QED) is 0.885. The Morgan fingerprint density at radius 3 is 2.83 bits per heavy atom. The number of hydrogen-bond donors (Lipinski definition) is 1. The van der Waals surface area contributed by atoms with E-state index in [9.17, 15) is 0 Å². The molecule has 18 heavy (non-hydrogen) atoms. The van der Waals surface area contributed by atoms with Gasteiger partial charge in [0.2, 0.25) is 0 Å². The Bertz CT molecular complexity index is 526. The topological polar surface area (TPSA) is 46.6 Å². The van der Waals surface area contributed by atoms with Gasteiger partial charge in [-0.2, -0.15) is 0 Å². The monoisotopic (exact) mass is 244 g/mol. The summed E-state index contributed by atoms with van der Waals surface area (Å²) in [5.41, 5.74) is 8.00. The number of rotatable bonds is 4. The highest BCUT2D eigenvalue weighted by atomic mass is 15.1. The molecule has 2 N–H and O–H groups in total. The molecule has 0 aliphatic carbocycles. The van der Waals surface area contributed by atoms with Crippen LogP contribution in [0.25, 0.3) is 5.52 Å². The molecule has 1 fully saturated rings. The lowest BCUT2D eigenvalue weighted by Gasteiger charge is -2.13. The van der Waals surface area contributed by atoms with Crippen molar-refractivity contribution in [2.45, 2.75) is 25.8 Å². The first-order valence-electron chi connectivity index (χ1n) is 6.74. The van der Waals surface area contributed by atoms with Crippen LogP contribution in [0.3, 0.4) is 0 Å². The maximum Gasteiger partial charge on any atom is 0.114 e. The molecule has 1 aliphatic rings. The van der Waals surface area contributed by atoms with Gasteiger partial charge in [-0.15, -0.1) is 0 Å². The van der Waals surface area contributed by atoms with E-state index >= 15 is 0 Å². The fourth-order valence-corrected chi connectivity index (χ4v) is 2.66. The minimum atomic E-state index is 0.583. The van der Waals surface area contributed by atoms with Gasteiger partial charge < -0.3 is 15.0 Å². The number of aromatic nitrogens is 2. The van der Waals surface area contributed by atoms with E-state index in [-0.39, 0.29) is 0 Å². The number of nitrogens with zero attached hydrogens (tertiary/aromatic N) is 3. The van der Waals surface area contributed by atoms with Crippen LogP contribution in [0.15, 0.2) is 24.5 Å². The van der Waals surface area contributed by atoms with Crippen LogP contribution in [0.4, 0.5) is 0 Å². The first-order valence-corrected chi connectivity index (χ1v) is 6.74. The number of pyridine rings is 1. The second kappa shape index (κ2) is 5.08. The van der Waals surface area contributed by atoms with Crippen LogP contribution in [0.1, 0.15) is 24.2 Å². The predicted octanol–water partition coefficient (Wildman–Crippen LogP) is 1.43. The summed E-state index contributed by atoms with van der Waals surface area (Å²) in [6.45, 7) is 4.19. The number of nitrogens with two attached hydrogens (primary N) is 1. The van der Waals surface area contributed by atoms with E-state index in [1.54, 1.807) is 0 Å². The van der Waals surface area contributed by atoms with E-state index < -0.39 is 0 Å². The Morgan fingerprint density at radius 2 is 2.06 bits per heavy atom. The third-order valence-corrected chi connectivity index (χ3v) is 3.75. The molecule has 3 rings (SSSR count). The van der Waals surface area contributed by atoms with Gasteiger partial charge in [0.25, 0.3) is 0 Å². The normalized spacial score (nSPS) is 16.7. The van der Waals surface area contributed by atoms with Gasteiger partial charge in [0.15, 0.2) is 0 Å². The van der Waals surface area contributed by atoms with Crippen molar-refractivity contribution in [3.63, 3.8) is 0 Å². The molecule has 0 amide bonds. The van der Waals surface area contributed by atoms with Crippen LogP contribution in [-0.2, 0) is 13.0 Å². The maximum atomic E-state index is 5.69. The maximum absolute atomic E-state index is 5.69. The number of fused-ring (bicyclic) bond motifs is 1. The molecule has 1 saturated heterocycles. The van der Waals surface area contributed by atoms with Crippen LogP contribution < -0.4 is 5.73 Å². The van der Waals surface area contributed by atoms with E-state index in [1.165, 1.54) is 25.9 Å². The Balaban J connectivity index is 1.78. The van der Waals surface area contributed by atoms with Gasteiger partial charge in [-0.25, -0.2) is 4.98 Å². The SMILES string of the molecule is NCc1ccc2cnc(CCN3CCCC3)n2c1.